The van der Waals surface area contributed by atoms with E-state index in [1.165, 1.54) is 16.1 Å². The summed E-state index contributed by atoms with van der Waals surface area (Å²) in [5.74, 6) is 0.617. The summed E-state index contributed by atoms with van der Waals surface area (Å²) in [6, 6.07) is 33.9. The zero-order valence-corrected chi connectivity index (χ0v) is 24.5. The Hall–Kier alpha value is -4.05. The molecule has 4 aromatic carbocycles. The highest BCUT2D eigenvalue weighted by atomic mass is 35.5. The molecule has 0 spiro atoms. The summed E-state index contributed by atoms with van der Waals surface area (Å²) in [5, 5.41) is 10.1. The number of fused-ring (bicyclic) bond motifs is 1. The molecule has 41 heavy (non-hydrogen) atoms. The third-order valence-corrected chi connectivity index (χ3v) is 9.89. The molecular formula is C31H26ClN5O2S2. The molecule has 0 saturated carbocycles. The first-order chi connectivity index (χ1) is 19.9. The third-order valence-electron chi connectivity index (χ3n) is 6.70. The van der Waals surface area contributed by atoms with Crippen LogP contribution < -0.4 is 9.73 Å². The first-order valence-corrected chi connectivity index (χ1v) is 15.6. The molecule has 0 fully saturated rings. The minimum Gasteiger partial charge on any atom is -0.289 e. The van der Waals surface area contributed by atoms with Crippen LogP contribution in [0.25, 0.3) is 10.6 Å². The maximum absolute atomic E-state index is 13.8. The third kappa shape index (κ3) is 5.61. The fourth-order valence-corrected chi connectivity index (χ4v) is 7.19. The fraction of sp³-hybridized carbons (Fsp3) is 0.0968. The Labute approximate surface area is 248 Å². The average molecular weight is 600 g/mol. The molecule has 2 heterocycles. The number of rotatable bonds is 8. The molecule has 0 aliphatic carbocycles. The number of nitrogens with zero attached hydrogens (tertiary/aromatic N) is 4. The van der Waals surface area contributed by atoms with Gasteiger partial charge in [0.25, 0.3) is 10.0 Å². The SMILES string of the molecule is Cc1ccc(S(=O)(=O)N(CCc2nnc3n2NC(c2ccccc2)=C(c2ccccc2)S3)c2ccc(Cl)cc2)cc1. The maximum atomic E-state index is 13.8. The molecule has 0 saturated heterocycles. The highest BCUT2D eigenvalue weighted by molar-refractivity contribution is 8.08. The van der Waals surface area contributed by atoms with E-state index in [0.717, 1.165) is 27.3 Å². The Morgan fingerprint density at radius 3 is 2.12 bits per heavy atom. The van der Waals surface area contributed by atoms with Crippen molar-refractivity contribution in [3.05, 3.63) is 137 Å². The van der Waals surface area contributed by atoms with E-state index in [1.54, 1.807) is 48.5 Å². The molecule has 1 aliphatic rings. The van der Waals surface area contributed by atoms with Crippen LogP contribution in [0.2, 0.25) is 5.02 Å². The lowest BCUT2D eigenvalue weighted by atomic mass is 10.1. The number of sulfonamides is 1. The summed E-state index contributed by atoms with van der Waals surface area (Å²) >= 11 is 7.65. The number of thioether (sulfide) groups is 1. The number of hydrogen-bond donors (Lipinski definition) is 1. The number of aromatic nitrogens is 3. The Bertz CT molecular complexity index is 1810. The van der Waals surface area contributed by atoms with Crippen molar-refractivity contribution in [3.63, 3.8) is 0 Å². The number of aryl methyl sites for hydroxylation is 1. The molecule has 0 bridgehead atoms. The van der Waals surface area contributed by atoms with E-state index in [9.17, 15) is 8.42 Å². The highest BCUT2D eigenvalue weighted by Crippen LogP contribution is 2.42. The first kappa shape index (κ1) is 27.1. The summed E-state index contributed by atoms with van der Waals surface area (Å²) in [6.45, 7) is 2.08. The molecule has 1 N–H and O–H groups in total. The molecule has 1 aliphatic heterocycles. The standard InChI is InChI=1S/C31H26ClN5O2S2/c1-22-12-18-27(19-13-22)41(38,39)36(26-16-14-25(32)15-17-26)21-20-28-33-34-31-37(28)35-29(23-8-4-2-5-9-23)30(40-31)24-10-6-3-7-11-24/h2-19,35H,20-21H2,1H3. The lowest BCUT2D eigenvalue weighted by Crippen LogP contribution is -2.34. The zero-order valence-electron chi connectivity index (χ0n) is 22.1. The van der Waals surface area contributed by atoms with Crippen LogP contribution in [-0.4, -0.2) is 29.8 Å². The predicted octanol–water partition coefficient (Wildman–Crippen LogP) is 6.85. The van der Waals surface area contributed by atoms with Crippen molar-refractivity contribution in [1.29, 1.82) is 0 Å². The summed E-state index contributed by atoms with van der Waals surface area (Å²) < 4.78 is 30.9. The molecule has 7 nitrogen and oxygen atoms in total. The number of halogens is 1. The van der Waals surface area contributed by atoms with E-state index in [-0.39, 0.29) is 11.4 Å². The van der Waals surface area contributed by atoms with Crippen LogP contribution in [0.3, 0.4) is 0 Å². The van der Waals surface area contributed by atoms with Gasteiger partial charge in [-0.1, -0.05) is 90.0 Å². The molecule has 5 aromatic rings. The van der Waals surface area contributed by atoms with Gasteiger partial charge in [-0.2, -0.15) is 0 Å². The topological polar surface area (TPSA) is 80.1 Å². The summed E-state index contributed by atoms with van der Waals surface area (Å²) in [4.78, 5) is 1.25. The Morgan fingerprint density at radius 1 is 0.829 bits per heavy atom. The fourth-order valence-electron chi connectivity index (χ4n) is 4.57. The summed E-state index contributed by atoms with van der Waals surface area (Å²) in [7, 11) is -3.86. The van der Waals surface area contributed by atoms with Crippen molar-refractivity contribution < 1.29 is 8.42 Å². The second-order valence-electron chi connectivity index (χ2n) is 9.50. The van der Waals surface area contributed by atoms with Crippen molar-refractivity contribution in [2.75, 3.05) is 16.3 Å². The monoisotopic (exact) mass is 599 g/mol. The minimum atomic E-state index is -3.86. The van der Waals surface area contributed by atoms with E-state index in [4.69, 9.17) is 11.6 Å². The van der Waals surface area contributed by atoms with Crippen molar-refractivity contribution >= 4 is 49.7 Å². The van der Waals surface area contributed by atoms with Crippen LogP contribution in [0.5, 0.6) is 0 Å². The van der Waals surface area contributed by atoms with Gasteiger partial charge in [-0.3, -0.25) is 9.73 Å². The lowest BCUT2D eigenvalue weighted by Gasteiger charge is -2.26. The molecule has 0 unspecified atom stereocenters. The quantitative estimate of drug-likeness (QED) is 0.210. The Morgan fingerprint density at radius 2 is 1.46 bits per heavy atom. The van der Waals surface area contributed by atoms with Gasteiger partial charge in [0.05, 0.1) is 16.3 Å². The van der Waals surface area contributed by atoms with Crippen LogP contribution in [0, 0.1) is 6.92 Å². The van der Waals surface area contributed by atoms with Gasteiger partial charge in [0.2, 0.25) is 5.16 Å². The molecule has 0 atom stereocenters. The normalized spacial score (nSPS) is 13.0. The van der Waals surface area contributed by atoms with Crippen molar-refractivity contribution in [3.8, 4) is 0 Å². The van der Waals surface area contributed by atoms with Gasteiger partial charge >= 0.3 is 0 Å². The highest BCUT2D eigenvalue weighted by Gasteiger charge is 2.28. The molecule has 0 radical (unpaired) electrons. The molecule has 206 valence electrons. The van der Waals surface area contributed by atoms with Crippen LogP contribution in [0.15, 0.2) is 119 Å². The molecule has 1 aromatic heterocycles. The number of hydrogen-bond acceptors (Lipinski definition) is 6. The van der Waals surface area contributed by atoms with Crippen molar-refractivity contribution in [2.24, 2.45) is 0 Å². The number of anilines is 1. The Kier molecular flexibility index (Phi) is 7.57. The van der Waals surface area contributed by atoms with E-state index in [1.807, 2.05) is 48.0 Å². The van der Waals surface area contributed by atoms with Crippen LogP contribution >= 0.6 is 23.4 Å². The van der Waals surface area contributed by atoms with Crippen LogP contribution in [0.4, 0.5) is 5.69 Å². The van der Waals surface area contributed by atoms with Gasteiger partial charge in [-0.05, 0) is 60.6 Å². The second kappa shape index (κ2) is 11.4. The van der Waals surface area contributed by atoms with Gasteiger partial charge in [0.15, 0.2) is 5.82 Å². The van der Waals surface area contributed by atoms with Crippen molar-refractivity contribution in [1.82, 2.24) is 14.9 Å². The smallest absolute Gasteiger partial charge is 0.264 e. The van der Waals surface area contributed by atoms with Gasteiger partial charge in [0.1, 0.15) is 0 Å². The maximum Gasteiger partial charge on any atom is 0.264 e. The van der Waals surface area contributed by atoms with E-state index in [0.29, 0.717) is 28.1 Å². The molecule has 0 amide bonds. The molecule has 10 heteroatoms. The average Bonchev–Trinajstić information content (AvgIpc) is 3.40. The van der Waals surface area contributed by atoms with Gasteiger partial charge in [0, 0.05) is 28.5 Å². The van der Waals surface area contributed by atoms with Crippen LogP contribution in [0.1, 0.15) is 22.5 Å². The van der Waals surface area contributed by atoms with Crippen molar-refractivity contribution in [2.45, 2.75) is 23.4 Å². The van der Waals surface area contributed by atoms with Gasteiger partial charge < -0.3 is 0 Å². The predicted molar refractivity (Wildman–Crippen MR) is 166 cm³/mol. The summed E-state index contributed by atoms with van der Waals surface area (Å²) in [6.07, 6.45) is 0.316. The van der Waals surface area contributed by atoms with Crippen LogP contribution in [-0.2, 0) is 16.4 Å². The van der Waals surface area contributed by atoms with E-state index in [2.05, 4.69) is 39.9 Å². The molecule has 6 rings (SSSR count). The number of nitrogens with one attached hydrogen (secondary N) is 1. The lowest BCUT2D eigenvalue weighted by molar-refractivity contribution is 0.589. The Balaban J connectivity index is 1.34. The van der Waals surface area contributed by atoms with E-state index < -0.39 is 10.0 Å². The minimum absolute atomic E-state index is 0.151. The summed E-state index contributed by atoms with van der Waals surface area (Å²) in [5.41, 5.74) is 8.04. The first-order valence-electron chi connectivity index (χ1n) is 13.0. The largest absolute Gasteiger partial charge is 0.289 e. The zero-order chi connectivity index (χ0) is 28.4. The van der Waals surface area contributed by atoms with Gasteiger partial charge in [-0.15, -0.1) is 10.2 Å². The number of benzene rings is 4. The molecular weight excluding hydrogens is 574 g/mol. The van der Waals surface area contributed by atoms with E-state index >= 15 is 0 Å². The van der Waals surface area contributed by atoms with Gasteiger partial charge in [-0.25, -0.2) is 13.1 Å². The second-order valence-corrected chi connectivity index (χ2v) is 12.8.